The van der Waals surface area contributed by atoms with Crippen molar-refractivity contribution in [2.75, 3.05) is 25.7 Å². The van der Waals surface area contributed by atoms with Crippen LogP contribution in [0.5, 0.6) is 11.5 Å². The molecule has 144 valence electrons. The van der Waals surface area contributed by atoms with Crippen LogP contribution in [0.25, 0.3) is 0 Å². The average Bonchev–Trinajstić information content (AvgIpc) is 3.08. The second kappa shape index (κ2) is 6.99. The lowest BCUT2D eigenvalue weighted by molar-refractivity contribution is -0.136. The highest BCUT2D eigenvalue weighted by molar-refractivity contribution is 6.06. The fraction of sp³-hybridized carbons (Fsp3) is 0.238. The molecule has 0 saturated heterocycles. The number of carbonyl (C=O) groups excluding carboxylic acids is 2. The molecule has 1 amide bonds. The number of nitrogens with zero attached hydrogens (tertiary/aromatic N) is 1. The largest absolute Gasteiger partial charge is 0.493 e. The molecule has 0 bridgehead atoms. The van der Waals surface area contributed by atoms with Gasteiger partial charge in [0.2, 0.25) is 5.91 Å². The lowest BCUT2D eigenvalue weighted by atomic mass is 9.83. The minimum absolute atomic E-state index is 0.0218. The van der Waals surface area contributed by atoms with E-state index in [2.05, 4.69) is 0 Å². The number of cyclic esters (lactones) is 1. The smallest absolute Gasteiger partial charge is 0.336 e. The highest BCUT2D eigenvalue weighted by atomic mass is 19.1. The van der Waals surface area contributed by atoms with Crippen LogP contribution in [-0.2, 0) is 14.3 Å². The summed E-state index contributed by atoms with van der Waals surface area (Å²) in [6, 6.07) is 11.0. The molecule has 0 N–H and O–H groups in total. The molecule has 0 aromatic heterocycles. The van der Waals surface area contributed by atoms with E-state index >= 15 is 0 Å². The van der Waals surface area contributed by atoms with Crippen molar-refractivity contribution in [3.8, 4) is 11.5 Å². The van der Waals surface area contributed by atoms with Gasteiger partial charge in [-0.15, -0.1) is 0 Å². The molecule has 2 aromatic carbocycles. The molecular weight excluding hydrogens is 365 g/mol. The Hall–Kier alpha value is -3.35. The van der Waals surface area contributed by atoms with Crippen molar-refractivity contribution in [1.82, 2.24) is 0 Å². The first kappa shape index (κ1) is 18.0. The second-order valence-corrected chi connectivity index (χ2v) is 6.48. The molecule has 6 nitrogen and oxygen atoms in total. The number of hydrogen-bond donors (Lipinski definition) is 0. The molecule has 2 aromatic rings. The Labute approximate surface area is 161 Å². The quantitative estimate of drug-likeness (QED) is 0.759. The maximum atomic E-state index is 13.7. The van der Waals surface area contributed by atoms with Crippen LogP contribution < -0.4 is 14.4 Å². The zero-order chi connectivity index (χ0) is 19.8. The summed E-state index contributed by atoms with van der Waals surface area (Å²) < 4.78 is 29.8. The standard InChI is InChI=1S/C21H18FNO5/c1-26-17-8-4-7-14(20(17)27-2)15-10-18(24)23(13-6-3-5-12(22)9-13)16-11-28-21(25)19(15)16/h3-9,15H,10-11H2,1-2H3/t15-/m1/s1. The molecule has 2 heterocycles. The Morgan fingerprint density at radius 2 is 1.89 bits per heavy atom. The monoisotopic (exact) mass is 383 g/mol. The lowest BCUT2D eigenvalue weighted by Gasteiger charge is -2.32. The fourth-order valence-electron chi connectivity index (χ4n) is 3.82. The van der Waals surface area contributed by atoms with Crippen molar-refractivity contribution in [2.24, 2.45) is 0 Å². The van der Waals surface area contributed by atoms with Crippen LogP contribution in [0.2, 0.25) is 0 Å². The van der Waals surface area contributed by atoms with Crippen molar-refractivity contribution < 1.29 is 28.2 Å². The minimum Gasteiger partial charge on any atom is -0.493 e. The molecule has 1 atom stereocenters. The van der Waals surface area contributed by atoms with Crippen LogP contribution >= 0.6 is 0 Å². The van der Waals surface area contributed by atoms with Gasteiger partial charge in [0.05, 0.1) is 31.2 Å². The van der Waals surface area contributed by atoms with Crippen LogP contribution in [0, 0.1) is 5.82 Å². The van der Waals surface area contributed by atoms with Gasteiger partial charge in [0, 0.05) is 17.9 Å². The van der Waals surface area contributed by atoms with Gasteiger partial charge in [-0.2, -0.15) is 0 Å². The molecule has 4 rings (SSSR count). The second-order valence-electron chi connectivity index (χ2n) is 6.48. The van der Waals surface area contributed by atoms with Crippen molar-refractivity contribution in [3.63, 3.8) is 0 Å². The summed E-state index contributed by atoms with van der Waals surface area (Å²) in [5, 5.41) is 0. The number of rotatable bonds is 4. The summed E-state index contributed by atoms with van der Waals surface area (Å²) in [6.07, 6.45) is 0.0218. The number of amides is 1. The average molecular weight is 383 g/mol. The van der Waals surface area contributed by atoms with Crippen LogP contribution in [0.4, 0.5) is 10.1 Å². The number of ether oxygens (including phenoxy) is 3. The molecule has 0 aliphatic carbocycles. The summed E-state index contributed by atoms with van der Waals surface area (Å²) in [4.78, 5) is 26.9. The Morgan fingerprint density at radius 1 is 1.11 bits per heavy atom. The van der Waals surface area contributed by atoms with E-state index in [-0.39, 0.29) is 18.9 Å². The highest BCUT2D eigenvalue weighted by Crippen LogP contribution is 2.46. The molecule has 0 unspecified atom stereocenters. The van der Waals surface area contributed by atoms with E-state index in [0.29, 0.717) is 34.0 Å². The molecule has 7 heteroatoms. The van der Waals surface area contributed by atoms with Gasteiger partial charge in [0.25, 0.3) is 0 Å². The van der Waals surface area contributed by atoms with Crippen molar-refractivity contribution in [1.29, 1.82) is 0 Å². The van der Waals surface area contributed by atoms with Gasteiger partial charge in [-0.25, -0.2) is 9.18 Å². The van der Waals surface area contributed by atoms with Gasteiger partial charge < -0.3 is 14.2 Å². The maximum absolute atomic E-state index is 13.7. The number of benzene rings is 2. The van der Waals surface area contributed by atoms with Crippen LogP contribution in [0.1, 0.15) is 17.9 Å². The Balaban J connectivity index is 1.87. The summed E-state index contributed by atoms with van der Waals surface area (Å²) in [7, 11) is 3.03. The number of halogens is 1. The lowest BCUT2D eigenvalue weighted by Crippen LogP contribution is -2.37. The topological polar surface area (TPSA) is 65.1 Å². The molecular formula is C21H18FNO5. The van der Waals surface area contributed by atoms with Gasteiger partial charge in [-0.1, -0.05) is 18.2 Å². The predicted octanol–water partition coefficient (Wildman–Crippen LogP) is 3.17. The number of hydrogen-bond acceptors (Lipinski definition) is 5. The molecule has 0 saturated carbocycles. The zero-order valence-electron chi connectivity index (χ0n) is 15.4. The molecule has 2 aliphatic rings. The summed E-state index contributed by atoms with van der Waals surface area (Å²) in [5.74, 6) is -0.764. The van der Waals surface area contributed by atoms with Crippen molar-refractivity contribution in [2.45, 2.75) is 12.3 Å². The number of para-hydroxylation sites is 1. The van der Waals surface area contributed by atoms with Crippen LogP contribution in [0.3, 0.4) is 0 Å². The van der Waals surface area contributed by atoms with Gasteiger partial charge >= 0.3 is 5.97 Å². The molecule has 0 spiro atoms. The third-order valence-electron chi connectivity index (χ3n) is 4.99. The summed E-state index contributed by atoms with van der Waals surface area (Å²) in [5.41, 5.74) is 1.85. The Bertz CT molecular complexity index is 1000. The Kier molecular flexibility index (Phi) is 4.50. The molecule has 0 fully saturated rings. The van der Waals surface area contributed by atoms with E-state index < -0.39 is 17.7 Å². The normalized spacial score (nSPS) is 18.8. The van der Waals surface area contributed by atoms with Gasteiger partial charge in [-0.05, 0) is 24.3 Å². The Morgan fingerprint density at radius 3 is 2.61 bits per heavy atom. The van der Waals surface area contributed by atoms with E-state index in [4.69, 9.17) is 14.2 Å². The fourth-order valence-corrected chi connectivity index (χ4v) is 3.82. The van der Waals surface area contributed by atoms with Crippen LogP contribution in [0.15, 0.2) is 53.7 Å². The van der Waals surface area contributed by atoms with Crippen molar-refractivity contribution >= 4 is 17.6 Å². The number of methoxy groups -OCH3 is 2. The first-order valence-corrected chi connectivity index (χ1v) is 8.74. The van der Waals surface area contributed by atoms with Gasteiger partial charge in [-0.3, -0.25) is 9.69 Å². The SMILES string of the molecule is COc1cccc([C@H]2CC(=O)N(c3cccc(F)c3)C3=C2C(=O)OC3)c1OC. The number of esters is 1. The van der Waals surface area contributed by atoms with E-state index in [1.165, 1.54) is 37.3 Å². The number of anilines is 1. The van der Waals surface area contributed by atoms with Crippen LogP contribution in [-0.4, -0.2) is 32.7 Å². The van der Waals surface area contributed by atoms with E-state index in [0.717, 1.165) is 0 Å². The third kappa shape index (κ3) is 2.79. The number of carbonyl (C=O) groups is 2. The van der Waals surface area contributed by atoms with Gasteiger partial charge in [0.1, 0.15) is 12.4 Å². The first-order valence-electron chi connectivity index (χ1n) is 8.74. The zero-order valence-corrected chi connectivity index (χ0v) is 15.4. The predicted molar refractivity (Wildman–Crippen MR) is 98.8 cm³/mol. The van der Waals surface area contributed by atoms with E-state index in [9.17, 15) is 14.0 Å². The highest BCUT2D eigenvalue weighted by Gasteiger charge is 2.44. The molecule has 2 aliphatic heterocycles. The van der Waals surface area contributed by atoms with Crippen molar-refractivity contribution in [3.05, 3.63) is 65.1 Å². The van der Waals surface area contributed by atoms with Gasteiger partial charge in [0.15, 0.2) is 11.5 Å². The first-order chi connectivity index (χ1) is 13.5. The molecule has 0 radical (unpaired) electrons. The van der Waals surface area contributed by atoms with E-state index in [1.807, 2.05) is 0 Å². The third-order valence-corrected chi connectivity index (χ3v) is 4.99. The minimum atomic E-state index is -0.535. The maximum Gasteiger partial charge on any atom is 0.336 e. The summed E-state index contributed by atoms with van der Waals surface area (Å²) in [6.45, 7) is -0.0425. The molecule has 28 heavy (non-hydrogen) atoms. The van der Waals surface area contributed by atoms with E-state index in [1.54, 1.807) is 24.3 Å². The summed E-state index contributed by atoms with van der Waals surface area (Å²) >= 11 is 0.